The Morgan fingerprint density at radius 3 is 2.58 bits per heavy atom. The van der Waals surface area contributed by atoms with Gasteiger partial charge in [-0.05, 0) is 56.2 Å². The quantitative estimate of drug-likeness (QED) is 0.325. The van der Waals surface area contributed by atoms with E-state index in [4.69, 9.17) is 11.6 Å². The molecular weight excluding hydrogens is 463 g/mol. The number of carbonyl (C=O) groups excluding carboxylic acids is 1. The van der Waals surface area contributed by atoms with E-state index in [2.05, 4.69) is 27.9 Å². The van der Waals surface area contributed by atoms with Crippen LogP contribution in [0.25, 0.3) is 0 Å². The highest BCUT2D eigenvalue weighted by atomic mass is 127. The Bertz CT molecular complexity index is 616. The first-order valence-corrected chi connectivity index (χ1v) is 9.39. The highest BCUT2D eigenvalue weighted by Crippen LogP contribution is 2.23. The highest BCUT2D eigenvalue weighted by molar-refractivity contribution is 14.0. The molecule has 5 nitrogen and oxygen atoms in total. The first kappa shape index (κ1) is 23.0. The minimum absolute atomic E-state index is 0. The standard InChI is InChI=1S/C19H29ClN4O.HI/c1-13-4-7-15(8-5-13)23-19(21-3)22-11-10-18(25)24-17-9-6-14(2)12-16(17)20;/h6,9,12-13,15H,4-5,7-8,10-11H2,1-3H3,(H,24,25)(H2,21,22,23);1H. The molecule has 2 rings (SSSR count). The van der Waals surface area contributed by atoms with Gasteiger partial charge in [0.15, 0.2) is 5.96 Å². The molecule has 0 radical (unpaired) electrons. The lowest BCUT2D eigenvalue weighted by atomic mass is 9.87. The van der Waals surface area contributed by atoms with Crippen LogP contribution in [0.3, 0.4) is 0 Å². The van der Waals surface area contributed by atoms with E-state index in [1.54, 1.807) is 7.05 Å². The van der Waals surface area contributed by atoms with Crippen LogP contribution < -0.4 is 16.0 Å². The summed E-state index contributed by atoms with van der Waals surface area (Å²) in [5.74, 6) is 1.52. The molecule has 3 N–H and O–H groups in total. The van der Waals surface area contributed by atoms with Gasteiger partial charge in [-0.3, -0.25) is 9.79 Å². The van der Waals surface area contributed by atoms with E-state index >= 15 is 0 Å². The molecule has 7 heteroatoms. The van der Waals surface area contributed by atoms with Gasteiger partial charge in [-0.2, -0.15) is 0 Å². The number of aryl methyl sites for hydroxylation is 1. The number of nitrogens with one attached hydrogen (secondary N) is 3. The van der Waals surface area contributed by atoms with Gasteiger partial charge in [0.2, 0.25) is 5.91 Å². The van der Waals surface area contributed by atoms with Crippen molar-refractivity contribution in [2.75, 3.05) is 18.9 Å². The summed E-state index contributed by atoms with van der Waals surface area (Å²) in [7, 11) is 1.76. The molecule has 0 bridgehead atoms. The minimum Gasteiger partial charge on any atom is -0.356 e. The summed E-state index contributed by atoms with van der Waals surface area (Å²) in [6.07, 6.45) is 5.22. The molecule has 1 aromatic carbocycles. The predicted octanol–water partition coefficient (Wildman–Crippen LogP) is 4.34. The first-order valence-electron chi connectivity index (χ1n) is 9.01. The molecule has 26 heavy (non-hydrogen) atoms. The third-order valence-electron chi connectivity index (χ3n) is 4.62. The van der Waals surface area contributed by atoms with Crippen LogP contribution in [0.1, 0.15) is 44.6 Å². The van der Waals surface area contributed by atoms with Crippen molar-refractivity contribution in [1.29, 1.82) is 0 Å². The monoisotopic (exact) mass is 492 g/mol. The molecule has 1 aromatic rings. The van der Waals surface area contributed by atoms with Crippen molar-refractivity contribution in [3.05, 3.63) is 28.8 Å². The molecule has 1 aliphatic carbocycles. The summed E-state index contributed by atoms with van der Waals surface area (Å²) in [5, 5.41) is 10.1. The van der Waals surface area contributed by atoms with E-state index in [0.29, 0.717) is 29.7 Å². The molecule has 1 aliphatic rings. The zero-order valence-corrected chi connectivity index (χ0v) is 18.9. The van der Waals surface area contributed by atoms with Gasteiger partial charge in [0.05, 0.1) is 10.7 Å². The average Bonchev–Trinajstić information content (AvgIpc) is 2.58. The number of guanidine groups is 1. The van der Waals surface area contributed by atoms with E-state index < -0.39 is 0 Å². The van der Waals surface area contributed by atoms with Gasteiger partial charge >= 0.3 is 0 Å². The maximum atomic E-state index is 12.1. The number of anilines is 1. The van der Waals surface area contributed by atoms with Crippen molar-refractivity contribution in [1.82, 2.24) is 10.6 Å². The summed E-state index contributed by atoms with van der Waals surface area (Å²) in [6.45, 7) is 4.80. The maximum absolute atomic E-state index is 12.1. The van der Waals surface area contributed by atoms with Crippen molar-refractivity contribution < 1.29 is 4.79 Å². The van der Waals surface area contributed by atoms with Crippen molar-refractivity contribution in [3.8, 4) is 0 Å². The van der Waals surface area contributed by atoms with Gasteiger partial charge in [0, 0.05) is 26.1 Å². The smallest absolute Gasteiger partial charge is 0.226 e. The zero-order valence-electron chi connectivity index (χ0n) is 15.8. The molecule has 0 atom stereocenters. The Balaban J connectivity index is 0.00000338. The van der Waals surface area contributed by atoms with Gasteiger partial charge in [-0.1, -0.05) is 24.6 Å². The van der Waals surface area contributed by atoms with Gasteiger partial charge in [-0.15, -0.1) is 24.0 Å². The Morgan fingerprint density at radius 2 is 1.96 bits per heavy atom. The van der Waals surface area contributed by atoms with Crippen LogP contribution in [-0.2, 0) is 4.79 Å². The molecule has 1 amide bonds. The second-order valence-corrected chi connectivity index (χ2v) is 7.29. The van der Waals surface area contributed by atoms with E-state index in [1.165, 1.54) is 25.7 Å². The minimum atomic E-state index is -0.0693. The summed E-state index contributed by atoms with van der Waals surface area (Å²) in [4.78, 5) is 16.3. The number of hydrogen-bond donors (Lipinski definition) is 3. The third kappa shape index (κ3) is 7.70. The van der Waals surface area contributed by atoms with Crippen LogP contribution in [0.2, 0.25) is 5.02 Å². The van der Waals surface area contributed by atoms with Gasteiger partial charge in [0.25, 0.3) is 0 Å². The SMILES string of the molecule is CN=C(NCCC(=O)Nc1ccc(C)cc1Cl)NC1CCC(C)CC1.I. The fourth-order valence-electron chi connectivity index (χ4n) is 3.02. The van der Waals surface area contributed by atoms with E-state index in [1.807, 2.05) is 25.1 Å². The van der Waals surface area contributed by atoms with Crippen LogP contribution >= 0.6 is 35.6 Å². The van der Waals surface area contributed by atoms with Crippen molar-refractivity contribution >= 4 is 53.1 Å². The van der Waals surface area contributed by atoms with Gasteiger partial charge < -0.3 is 16.0 Å². The molecule has 1 fully saturated rings. The first-order chi connectivity index (χ1) is 12.0. The molecule has 0 aliphatic heterocycles. The van der Waals surface area contributed by atoms with Crippen LogP contribution in [-0.4, -0.2) is 31.5 Å². The Kier molecular flexibility index (Phi) is 10.3. The number of aliphatic imine (C=N–C) groups is 1. The Labute approximate surface area is 178 Å². The molecule has 0 spiro atoms. The normalized spacial score (nSPS) is 20.1. The maximum Gasteiger partial charge on any atom is 0.226 e. The Morgan fingerprint density at radius 1 is 1.27 bits per heavy atom. The van der Waals surface area contributed by atoms with Crippen LogP contribution in [0.5, 0.6) is 0 Å². The summed E-state index contributed by atoms with van der Waals surface area (Å²) < 4.78 is 0. The number of carbonyl (C=O) groups is 1. The molecule has 0 unspecified atom stereocenters. The van der Waals surface area contributed by atoms with E-state index in [0.717, 1.165) is 17.4 Å². The van der Waals surface area contributed by atoms with Crippen LogP contribution in [0.15, 0.2) is 23.2 Å². The third-order valence-corrected chi connectivity index (χ3v) is 4.94. The second kappa shape index (κ2) is 11.6. The van der Waals surface area contributed by atoms with Gasteiger partial charge in [0.1, 0.15) is 0 Å². The van der Waals surface area contributed by atoms with E-state index in [9.17, 15) is 4.79 Å². The predicted molar refractivity (Wildman–Crippen MR) is 121 cm³/mol. The molecule has 146 valence electrons. The van der Waals surface area contributed by atoms with Crippen LogP contribution in [0.4, 0.5) is 5.69 Å². The molecule has 0 aromatic heterocycles. The van der Waals surface area contributed by atoms with Crippen molar-refractivity contribution in [3.63, 3.8) is 0 Å². The fraction of sp³-hybridized carbons (Fsp3) is 0.579. The lowest BCUT2D eigenvalue weighted by Crippen LogP contribution is -2.45. The Hall–Kier alpha value is -1.02. The number of amides is 1. The van der Waals surface area contributed by atoms with Gasteiger partial charge in [-0.25, -0.2) is 0 Å². The largest absolute Gasteiger partial charge is 0.356 e. The van der Waals surface area contributed by atoms with Crippen molar-refractivity contribution in [2.24, 2.45) is 10.9 Å². The second-order valence-electron chi connectivity index (χ2n) is 6.88. The lowest BCUT2D eigenvalue weighted by Gasteiger charge is -2.28. The van der Waals surface area contributed by atoms with E-state index in [-0.39, 0.29) is 29.9 Å². The number of halogens is 2. The number of rotatable bonds is 5. The number of nitrogens with zero attached hydrogens (tertiary/aromatic N) is 1. The number of hydrogen-bond acceptors (Lipinski definition) is 2. The number of benzene rings is 1. The highest BCUT2D eigenvalue weighted by Gasteiger charge is 2.18. The summed E-state index contributed by atoms with van der Waals surface area (Å²) in [5.41, 5.74) is 1.72. The molecule has 0 heterocycles. The lowest BCUT2D eigenvalue weighted by molar-refractivity contribution is -0.116. The molecular formula is C19H30ClIN4O. The summed E-state index contributed by atoms with van der Waals surface area (Å²) in [6, 6.07) is 6.07. The summed E-state index contributed by atoms with van der Waals surface area (Å²) >= 11 is 6.14. The fourth-order valence-corrected chi connectivity index (χ4v) is 3.30. The topological polar surface area (TPSA) is 65.5 Å². The molecule has 1 saturated carbocycles. The zero-order chi connectivity index (χ0) is 18.2. The van der Waals surface area contributed by atoms with Crippen LogP contribution in [0, 0.1) is 12.8 Å². The molecule has 0 saturated heterocycles. The van der Waals surface area contributed by atoms with Crippen molar-refractivity contribution in [2.45, 2.75) is 52.0 Å². The average molecular weight is 493 g/mol.